The molecule has 2 amide bonds. The number of non-ortho nitro benzene ring substituents is 1. The van der Waals surface area contributed by atoms with Crippen LogP contribution in [0.15, 0.2) is 83.8 Å². The maximum Gasteiger partial charge on any atom is 0.271 e. The summed E-state index contributed by atoms with van der Waals surface area (Å²) in [6.45, 7) is 5.16. The summed E-state index contributed by atoms with van der Waals surface area (Å²) in [6, 6.07) is 18.5. The number of amides is 2. The van der Waals surface area contributed by atoms with Gasteiger partial charge in [0, 0.05) is 25.2 Å². The van der Waals surface area contributed by atoms with Crippen molar-refractivity contribution in [3.05, 3.63) is 94.5 Å². The molecule has 3 aromatic carbocycles. The number of hydrogen-bond donors (Lipinski definition) is 1. The maximum atomic E-state index is 13.9. The fourth-order valence-corrected chi connectivity index (χ4v) is 5.40. The van der Waals surface area contributed by atoms with Crippen LogP contribution in [0.3, 0.4) is 0 Å². The zero-order chi connectivity index (χ0) is 30.2. The molecule has 11 nitrogen and oxygen atoms in total. The summed E-state index contributed by atoms with van der Waals surface area (Å²) in [6.07, 6.45) is 0. The molecular formula is C29H34N4O7S. The second kappa shape index (κ2) is 13.8. The Balaban J connectivity index is 2.04. The van der Waals surface area contributed by atoms with Crippen LogP contribution < -0.4 is 14.4 Å². The molecule has 0 fully saturated rings. The van der Waals surface area contributed by atoms with Crippen molar-refractivity contribution in [2.75, 3.05) is 24.5 Å². The SMILES string of the molecule is COc1ccc(CN(C(=O)CN(c2cccc([N+](=O)[O-])c2)S(=O)(=O)c2ccccc2)[C@@H](C)C(=O)NCC(C)C)cc1. The average Bonchev–Trinajstić information content (AvgIpc) is 2.97. The summed E-state index contributed by atoms with van der Waals surface area (Å²) >= 11 is 0. The molecule has 3 aromatic rings. The molecule has 0 aromatic heterocycles. The smallest absolute Gasteiger partial charge is 0.271 e. The molecule has 0 aliphatic carbocycles. The van der Waals surface area contributed by atoms with Crippen LogP contribution in [0, 0.1) is 16.0 Å². The average molecular weight is 583 g/mol. The third-order valence-corrected chi connectivity index (χ3v) is 8.09. The minimum atomic E-state index is -4.33. The first-order chi connectivity index (χ1) is 19.4. The monoisotopic (exact) mass is 582 g/mol. The van der Waals surface area contributed by atoms with E-state index in [0.29, 0.717) is 17.9 Å². The van der Waals surface area contributed by atoms with Gasteiger partial charge in [-0.15, -0.1) is 0 Å². The Morgan fingerprint density at radius 1 is 0.976 bits per heavy atom. The molecule has 0 aliphatic rings. The van der Waals surface area contributed by atoms with Gasteiger partial charge in [0.15, 0.2) is 0 Å². The number of nitrogens with zero attached hydrogens (tertiary/aromatic N) is 3. The maximum absolute atomic E-state index is 13.9. The van der Waals surface area contributed by atoms with E-state index >= 15 is 0 Å². The standard InChI is InChI=1S/C29H34N4O7S/c1-21(2)18-30-29(35)22(3)31(19-23-13-15-26(40-4)16-14-23)28(34)20-32(24-9-8-10-25(17-24)33(36)37)41(38,39)27-11-6-5-7-12-27/h5-17,21-22H,18-20H2,1-4H3,(H,30,35)/t22-/m0/s1. The lowest BCUT2D eigenvalue weighted by molar-refractivity contribution is -0.384. The second-order valence-corrected chi connectivity index (χ2v) is 11.6. The predicted molar refractivity (Wildman–Crippen MR) is 155 cm³/mol. The molecular weight excluding hydrogens is 548 g/mol. The van der Waals surface area contributed by atoms with Gasteiger partial charge in [0.05, 0.1) is 22.6 Å². The predicted octanol–water partition coefficient (Wildman–Crippen LogP) is 3.99. The lowest BCUT2D eigenvalue weighted by Crippen LogP contribution is -2.51. The van der Waals surface area contributed by atoms with Crippen LogP contribution in [-0.2, 0) is 26.2 Å². The highest BCUT2D eigenvalue weighted by atomic mass is 32.2. The first-order valence-corrected chi connectivity index (χ1v) is 14.4. The number of sulfonamides is 1. The van der Waals surface area contributed by atoms with E-state index in [0.717, 1.165) is 10.4 Å². The summed E-state index contributed by atoms with van der Waals surface area (Å²) in [5.74, 6) is -0.273. The van der Waals surface area contributed by atoms with Gasteiger partial charge in [-0.3, -0.25) is 24.0 Å². The van der Waals surface area contributed by atoms with Gasteiger partial charge in [-0.25, -0.2) is 8.42 Å². The van der Waals surface area contributed by atoms with Gasteiger partial charge in [0.2, 0.25) is 11.8 Å². The number of benzene rings is 3. The molecule has 0 saturated carbocycles. The van der Waals surface area contributed by atoms with E-state index in [4.69, 9.17) is 4.74 Å². The zero-order valence-corrected chi connectivity index (χ0v) is 24.2. The Morgan fingerprint density at radius 2 is 1.63 bits per heavy atom. The van der Waals surface area contributed by atoms with Gasteiger partial charge in [0.25, 0.3) is 15.7 Å². The van der Waals surface area contributed by atoms with Gasteiger partial charge in [0.1, 0.15) is 18.3 Å². The van der Waals surface area contributed by atoms with E-state index in [2.05, 4.69) is 5.32 Å². The van der Waals surface area contributed by atoms with E-state index in [-0.39, 0.29) is 28.7 Å². The third kappa shape index (κ3) is 8.04. The lowest BCUT2D eigenvalue weighted by atomic mass is 10.1. The summed E-state index contributed by atoms with van der Waals surface area (Å²) in [4.78, 5) is 39.0. The van der Waals surface area contributed by atoms with Gasteiger partial charge in [-0.1, -0.05) is 50.2 Å². The molecule has 0 radical (unpaired) electrons. The lowest BCUT2D eigenvalue weighted by Gasteiger charge is -2.32. The van der Waals surface area contributed by atoms with Crippen molar-refractivity contribution in [1.29, 1.82) is 0 Å². The zero-order valence-electron chi connectivity index (χ0n) is 23.4. The van der Waals surface area contributed by atoms with Gasteiger partial charge in [-0.2, -0.15) is 0 Å². The quantitative estimate of drug-likeness (QED) is 0.237. The highest BCUT2D eigenvalue weighted by Gasteiger charge is 2.33. The van der Waals surface area contributed by atoms with E-state index in [9.17, 15) is 28.1 Å². The number of ether oxygens (including phenoxy) is 1. The highest BCUT2D eigenvalue weighted by molar-refractivity contribution is 7.92. The third-order valence-electron chi connectivity index (χ3n) is 6.30. The van der Waals surface area contributed by atoms with Gasteiger partial charge < -0.3 is 15.0 Å². The Morgan fingerprint density at radius 3 is 2.22 bits per heavy atom. The van der Waals surface area contributed by atoms with Crippen LogP contribution in [-0.4, -0.2) is 56.3 Å². The van der Waals surface area contributed by atoms with Crippen LogP contribution in [0.2, 0.25) is 0 Å². The van der Waals surface area contributed by atoms with E-state index in [1.807, 2.05) is 13.8 Å². The Labute approximate surface area is 239 Å². The molecule has 12 heteroatoms. The van der Waals surface area contributed by atoms with Gasteiger partial charge in [-0.05, 0) is 48.7 Å². The van der Waals surface area contributed by atoms with E-state index in [1.165, 1.54) is 54.5 Å². The number of carbonyl (C=O) groups excluding carboxylic acids is 2. The number of nitro benzene ring substituents is 1. The molecule has 0 unspecified atom stereocenters. The molecule has 0 spiro atoms. The molecule has 1 atom stereocenters. The molecule has 41 heavy (non-hydrogen) atoms. The van der Waals surface area contributed by atoms with Crippen molar-refractivity contribution in [3.63, 3.8) is 0 Å². The van der Waals surface area contributed by atoms with Crippen molar-refractivity contribution in [3.8, 4) is 5.75 Å². The minimum Gasteiger partial charge on any atom is -0.497 e. The molecule has 3 rings (SSSR count). The van der Waals surface area contributed by atoms with E-state index in [1.54, 1.807) is 37.3 Å². The molecule has 1 N–H and O–H groups in total. The molecule has 0 aliphatic heterocycles. The van der Waals surface area contributed by atoms with Gasteiger partial charge >= 0.3 is 0 Å². The Kier molecular flexibility index (Phi) is 10.4. The molecule has 0 saturated heterocycles. The second-order valence-electron chi connectivity index (χ2n) is 9.79. The Bertz CT molecular complexity index is 1460. The summed E-state index contributed by atoms with van der Waals surface area (Å²) in [7, 11) is -2.80. The highest BCUT2D eigenvalue weighted by Crippen LogP contribution is 2.27. The topological polar surface area (TPSA) is 139 Å². The number of hydrogen-bond acceptors (Lipinski definition) is 7. The van der Waals surface area contributed by atoms with Crippen molar-refractivity contribution in [2.24, 2.45) is 5.92 Å². The fraction of sp³-hybridized carbons (Fsp3) is 0.310. The number of carbonyl (C=O) groups is 2. The van der Waals surface area contributed by atoms with Crippen LogP contribution in [0.5, 0.6) is 5.75 Å². The first kappa shape index (κ1) is 31.1. The Hall–Kier alpha value is -4.45. The number of anilines is 1. The number of nitro groups is 1. The van der Waals surface area contributed by atoms with E-state index < -0.39 is 39.3 Å². The minimum absolute atomic E-state index is 0.00720. The summed E-state index contributed by atoms with van der Waals surface area (Å²) in [5, 5.41) is 14.3. The number of methoxy groups -OCH3 is 1. The normalized spacial score (nSPS) is 11.9. The summed E-state index contributed by atoms with van der Waals surface area (Å²) < 4.78 is 33.6. The first-order valence-electron chi connectivity index (χ1n) is 13.0. The van der Waals surface area contributed by atoms with Crippen LogP contribution in [0.1, 0.15) is 26.3 Å². The fourth-order valence-electron chi connectivity index (χ4n) is 3.97. The van der Waals surface area contributed by atoms with Crippen molar-refractivity contribution < 1.29 is 27.7 Å². The molecule has 0 bridgehead atoms. The van der Waals surface area contributed by atoms with Crippen LogP contribution >= 0.6 is 0 Å². The summed E-state index contributed by atoms with van der Waals surface area (Å²) in [5.41, 5.74) is 0.299. The van der Waals surface area contributed by atoms with Crippen LogP contribution in [0.25, 0.3) is 0 Å². The van der Waals surface area contributed by atoms with Crippen molar-refractivity contribution >= 4 is 33.2 Å². The van der Waals surface area contributed by atoms with Crippen molar-refractivity contribution in [2.45, 2.75) is 38.3 Å². The number of nitrogens with one attached hydrogen (secondary N) is 1. The largest absolute Gasteiger partial charge is 0.497 e. The molecule has 0 heterocycles. The molecule has 218 valence electrons. The van der Waals surface area contributed by atoms with Crippen molar-refractivity contribution in [1.82, 2.24) is 10.2 Å². The number of rotatable bonds is 13. The van der Waals surface area contributed by atoms with Crippen LogP contribution in [0.4, 0.5) is 11.4 Å².